The van der Waals surface area contributed by atoms with Crippen molar-refractivity contribution < 1.29 is 19.4 Å². The van der Waals surface area contributed by atoms with Crippen LogP contribution in [0.5, 0.6) is 0 Å². The lowest BCUT2D eigenvalue weighted by Gasteiger charge is -2.40. The number of amides is 1. The number of carboxylic acid groups (broad SMARTS) is 1. The smallest absolute Gasteiger partial charge is 0.407 e. The Morgan fingerprint density at radius 3 is 2.14 bits per heavy atom. The number of benzene rings is 1. The third-order valence-corrected chi connectivity index (χ3v) is 4.00. The number of rotatable bonds is 2. The van der Waals surface area contributed by atoms with E-state index in [0.29, 0.717) is 25.9 Å². The topological polar surface area (TPSA) is 66.8 Å². The molecule has 0 atom stereocenters. The maximum atomic E-state index is 12.8. The summed E-state index contributed by atoms with van der Waals surface area (Å²) in [6, 6.07) is 9.52. The summed E-state index contributed by atoms with van der Waals surface area (Å²) in [6.07, 6.45) is -0.0537. The van der Waals surface area contributed by atoms with E-state index in [9.17, 15) is 9.59 Å². The van der Waals surface area contributed by atoms with Gasteiger partial charge in [-0.25, -0.2) is 4.79 Å². The summed E-state index contributed by atoms with van der Waals surface area (Å²) in [4.78, 5) is 25.3. The zero-order valence-corrected chi connectivity index (χ0v) is 13.3. The average Bonchev–Trinajstić information content (AvgIpc) is 2.46. The fraction of sp³-hybridized carbons (Fsp3) is 0.529. The summed E-state index contributed by atoms with van der Waals surface area (Å²) >= 11 is 0. The minimum atomic E-state index is -0.939. The Morgan fingerprint density at radius 1 is 1.14 bits per heavy atom. The van der Waals surface area contributed by atoms with Crippen molar-refractivity contribution in [3.8, 4) is 0 Å². The number of ether oxygens (including phenoxy) is 1. The molecule has 1 aromatic carbocycles. The van der Waals surface area contributed by atoms with Gasteiger partial charge in [-0.15, -0.1) is 0 Å². The zero-order chi connectivity index (χ0) is 16.4. The van der Waals surface area contributed by atoms with Gasteiger partial charge in [0, 0.05) is 13.1 Å². The molecule has 22 heavy (non-hydrogen) atoms. The van der Waals surface area contributed by atoms with Gasteiger partial charge in [0.25, 0.3) is 0 Å². The Hall–Kier alpha value is -2.04. The Balaban J connectivity index is 2.31. The molecule has 0 bridgehead atoms. The van der Waals surface area contributed by atoms with Crippen molar-refractivity contribution in [3.05, 3.63) is 35.9 Å². The van der Waals surface area contributed by atoms with E-state index in [1.54, 1.807) is 0 Å². The second-order valence-electron chi connectivity index (χ2n) is 6.72. The molecule has 0 saturated carbocycles. The third-order valence-electron chi connectivity index (χ3n) is 4.00. The lowest BCUT2D eigenvalue weighted by Crippen LogP contribution is -2.50. The number of carbonyl (C=O) groups is 2. The van der Waals surface area contributed by atoms with Crippen LogP contribution < -0.4 is 0 Å². The molecule has 0 aliphatic carbocycles. The predicted molar refractivity (Wildman–Crippen MR) is 82.8 cm³/mol. The molecule has 0 radical (unpaired) electrons. The molecule has 0 aromatic heterocycles. The van der Waals surface area contributed by atoms with Crippen LogP contribution in [0.1, 0.15) is 39.2 Å². The van der Waals surface area contributed by atoms with Crippen molar-refractivity contribution in [1.29, 1.82) is 0 Å². The number of hydrogen-bond donors (Lipinski definition) is 1. The van der Waals surface area contributed by atoms with E-state index in [2.05, 4.69) is 0 Å². The molecule has 5 heteroatoms. The molecule has 5 nitrogen and oxygen atoms in total. The van der Waals surface area contributed by atoms with Crippen molar-refractivity contribution in [3.63, 3.8) is 0 Å². The number of carbonyl (C=O) groups excluding carboxylic acids is 1. The second-order valence-corrected chi connectivity index (χ2v) is 6.72. The maximum Gasteiger partial charge on any atom is 0.407 e. The van der Waals surface area contributed by atoms with Crippen LogP contribution in [0.2, 0.25) is 0 Å². The summed E-state index contributed by atoms with van der Waals surface area (Å²) in [5.41, 5.74) is -0.433. The summed E-state index contributed by atoms with van der Waals surface area (Å²) in [5.74, 6) is -0.267. The van der Waals surface area contributed by atoms with E-state index < -0.39 is 17.1 Å². The van der Waals surface area contributed by atoms with Crippen molar-refractivity contribution >= 4 is 12.1 Å². The highest BCUT2D eigenvalue weighted by Gasteiger charge is 2.46. The predicted octanol–water partition coefficient (Wildman–Crippen LogP) is 3.04. The summed E-state index contributed by atoms with van der Waals surface area (Å²) in [7, 11) is 0. The van der Waals surface area contributed by atoms with Crippen molar-refractivity contribution in [2.45, 2.75) is 44.6 Å². The van der Waals surface area contributed by atoms with Crippen LogP contribution in [0.25, 0.3) is 0 Å². The van der Waals surface area contributed by atoms with Gasteiger partial charge in [-0.1, -0.05) is 30.3 Å². The molecule has 1 saturated heterocycles. The number of piperidine rings is 1. The first-order chi connectivity index (χ1) is 10.2. The van der Waals surface area contributed by atoms with Gasteiger partial charge in [0.15, 0.2) is 0 Å². The molecule has 1 N–H and O–H groups in total. The quantitative estimate of drug-likeness (QED) is 0.853. The van der Waals surface area contributed by atoms with Gasteiger partial charge in [-0.2, -0.15) is 0 Å². The fourth-order valence-electron chi connectivity index (χ4n) is 2.82. The third kappa shape index (κ3) is 3.40. The summed E-state index contributed by atoms with van der Waals surface area (Å²) in [6.45, 7) is 6.20. The first-order valence-corrected chi connectivity index (χ1v) is 7.51. The zero-order valence-electron chi connectivity index (χ0n) is 13.3. The maximum absolute atomic E-state index is 12.8. The number of nitrogens with zero attached hydrogens (tertiary/aromatic N) is 1. The fourth-order valence-corrected chi connectivity index (χ4v) is 2.82. The molecule has 1 aliphatic heterocycles. The molecule has 1 aromatic rings. The second kappa shape index (κ2) is 5.99. The van der Waals surface area contributed by atoms with Crippen LogP contribution in [-0.2, 0) is 14.9 Å². The minimum absolute atomic E-state index is 0.267. The first kappa shape index (κ1) is 16.3. The Kier molecular flexibility index (Phi) is 4.44. The lowest BCUT2D eigenvalue weighted by molar-refractivity contribution is -0.164. The van der Waals surface area contributed by atoms with Crippen molar-refractivity contribution in [1.82, 2.24) is 4.90 Å². The molecule has 2 rings (SSSR count). The molecule has 0 unspecified atom stereocenters. The van der Waals surface area contributed by atoms with Gasteiger partial charge in [0.1, 0.15) is 5.60 Å². The Morgan fingerprint density at radius 2 is 1.68 bits per heavy atom. The van der Waals surface area contributed by atoms with Gasteiger partial charge >= 0.3 is 12.1 Å². The Labute approximate surface area is 130 Å². The van der Waals surface area contributed by atoms with E-state index >= 15 is 0 Å². The highest BCUT2D eigenvalue weighted by Crippen LogP contribution is 2.38. The van der Waals surface area contributed by atoms with Gasteiger partial charge < -0.3 is 14.7 Å². The molecule has 1 fully saturated rings. The van der Waals surface area contributed by atoms with E-state index in [1.165, 1.54) is 4.90 Å². The van der Waals surface area contributed by atoms with E-state index in [0.717, 1.165) is 5.56 Å². The Bertz CT molecular complexity index is 540. The molecule has 1 amide bonds. The summed E-state index contributed by atoms with van der Waals surface area (Å²) < 4.78 is 5.63. The van der Waals surface area contributed by atoms with Crippen molar-refractivity contribution in [2.75, 3.05) is 13.1 Å². The molecular formula is C17H23NO4. The average molecular weight is 305 g/mol. The molecular weight excluding hydrogens is 282 g/mol. The number of hydrogen-bond acceptors (Lipinski definition) is 3. The highest BCUT2D eigenvalue weighted by atomic mass is 16.6. The van der Waals surface area contributed by atoms with Gasteiger partial charge in [-0.05, 0) is 39.2 Å². The minimum Gasteiger partial charge on any atom is -0.465 e. The largest absolute Gasteiger partial charge is 0.465 e. The van der Waals surface area contributed by atoms with Gasteiger partial charge in [0.05, 0.1) is 5.41 Å². The van der Waals surface area contributed by atoms with E-state index in [1.807, 2.05) is 51.1 Å². The monoisotopic (exact) mass is 305 g/mol. The van der Waals surface area contributed by atoms with Crippen molar-refractivity contribution in [2.24, 2.45) is 0 Å². The highest BCUT2D eigenvalue weighted by molar-refractivity contribution is 5.84. The van der Waals surface area contributed by atoms with Crippen LogP contribution in [0.3, 0.4) is 0 Å². The SMILES string of the molecule is CC(C)(C)OC(=O)C1(c2ccccc2)CCN(C(=O)O)CC1. The van der Waals surface area contributed by atoms with Crippen LogP contribution >= 0.6 is 0 Å². The summed E-state index contributed by atoms with van der Waals surface area (Å²) in [5, 5.41) is 9.11. The van der Waals surface area contributed by atoms with Gasteiger partial charge in [0.2, 0.25) is 0 Å². The van der Waals surface area contributed by atoms with Crippen LogP contribution in [0, 0.1) is 0 Å². The molecule has 0 spiro atoms. The van der Waals surface area contributed by atoms with Crippen LogP contribution in [0.4, 0.5) is 4.79 Å². The van der Waals surface area contributed by atoms with Crippen LogP contribution in [-0.4, -0.2) is 40.8 Å². The number of likely N-dealkylation sites (tertiary alicyclic amines) is 1. The van der Waals surface area contributed by atoms with Crippen LogP contribution in [0.15, 0.2) is 30.3 Å². The van der Waals surface area contributed by atoms with Gasteiger partial charge in [-0.3, -0.25) is 4.79 Å². The molecule has 1 heterocycles. The standard InChI is InChI=1S/C17H23NO4/c1-16(2,3)22-14(19)17(13-7-5-4-6-8-13)9-11-18(12-10-17)15(20)21/h4-8H,9-12H2,1-3H3,(H,20,21). The normalized spacial score (nSPS) is 17.9. The van der Waals surface area contributed by atoms with E-state index in [-0.39, 0.29) is 5.97 Å². The molecule has 1 aliphatic rings. The molecule has 120 valence electrons. The lowest BCUT2D eigenvalue weighted by atomic mass is 9.72. The van der Waals surface area contributed by atoms with E-state index in [4.69, 9.17) is 9.84 Å². The first-order valence-electron chi connectivity index (χ1n) is 7.51. The number of esters is 1.